The predicted molar refractivity (Wildman–Crippen MR) is 81.9 cm³/mol. The predicted octanol–water partition coefficient (Wildman–Crippen LogP) is 2.06. The summed E-state index contributed by atoms with van der Waals surface area (Å²) in [5.41, 5.74) is 0.790. The Bertz CT molecular complexity index is 479. The van der Waals surface area contributed by atoms with Gasteiger partial charge in [-0.3, -0.25) is 0 Å². The summed E-state index contributed by atoms with van der Waals surface area (Å²) in [6.07, 6.45) is 0. The maximum absolute atomic E-state index is 13.0. The number of piperazine rings is 1. The summed E-state index contributed by atoms with van der Waals surface area (Å²) in [7, 11) is 2.06. The molecule has 2 amide bonds. The quantitative estimate of drug-likeness (QED) is 0.926. The van der Waals surface area contributed by atoms with E-state index in [2.05, 4.69) is 17.3 Å². The zero-order chi connectivity index (χ0) is 15.5. The van der Waals surface area contributed by atoms with E-state index >= 15 is 0 Å². The van der Waals surface area contributed by atoms with Crippen LogP contribution in [0.1, 0.15) is 19.4 Å². The average Bonchev–Trinajstić information content (AvgIpc) is 2.46. The van der Waals surface area contributed by atoms with Gasteiger partial charge in [-0.15, -0.1) is 0 Å². The Kier molecular flexibility index (Phi) is 4.83. The second-order valence-electron chi connectivity index (χ2n) is 6.34. The molecular weight excluding hydrogens is 269 g/mol. The fraction of sp³-hybridized carbons (Fsp3) is 0.562. The minimum Gasteiger partial charge on any atom is -0.337 e. The Balaban J connectivity index is 1.89. The van der Waals surface area contributed by atoms with Gasteiger partial charge in [0, 0.05) is 38.1 Å². The number of rotatable bonds is 3. The molecule has 0 saturated carbocycles. The molecule has 5 heteroatoms. The number of likely N-dealkylation sites (N-methyl/N-ethyl adjacent to an activating group) is 1. The van der Waals surface area contributed by atoms with Crippen LogP contribution in [0.3, 0.4) is 0 Å². The Morgan fingerprint density at radius 2 is 1.76 bits per heavy atom. The third-order valence-electron chi connectivity index (χ3n) is 4.10. The molecule has 4 nitrogen and oxygen atoms in total. The van der Waals surface area contributed by atoms with Gasteiger partial charge in [-0.05, 0) is 24.7 Å². The molecule has 1 aliphatic rings. The summed E-state index contributed by atoms with van der Waals surface area (Å²) in [5, 5.41) is 3.00. The number of nitrogens with zero attached hydrogens (tertiary/aromatic N) is 2. The Labute approximate surface area is 125 Å². The fourth-order valence-corrected chi connectivity index (χ4v) is 2.42. The van der Waals surface area contributed by atoms with Crippen LogP contribution in [0.5, 0.6) is 0 Å². The molecule has 0 aliphatic carbocycles. The van der Waals surface area contributed by atoms with Gasteiger partial charge in [0.05, 0.1) is 0 Å². The average molecular weight is 293 g/mol. The van der Waals surface area contributed by atoms with Gasteiger partial charge in [0.2, 0.25) is 0 Å². The van der Waals surface area contributed by atoms with Crippen molar-refractivity contribution in [1.29, 1.82) is 0 Å². The van der Waals surface area contributed by atoms with Crippen molar-refractivity contribution >= 4 is 6.03 Å². The Morgan fingerprint density at radius 3 is 2.33 bits per heavy atom. The normalized spacial score (nSPS) is 16.9. The topological polar surface area (TPSA) is 35.6 Å². The maximum atomic E-state index is 13.0. The van der Waals surface area contributed by atoms with Crippen LogP contribution < -0.4 is 5.32 Å². The first-order valence-electron chi connectivity index (χ1n) is 7.36. The van der Waals surface area contributed by atoms with Crippen LogP contribution in [0, 0.1) is 5.82 Å². The maximum Gasteiger partial charge on any atom is 0.317 e. The van der Waals surface area contributed by atoms with E-state index in [9.17, 15) is 9.18 Å². The summed E-state index contributed by atoms with van der Waals surface area (Å²) in [6.45, 7) is 7.97. The van der Waals surface area contributed by atoms with E-state index in [1.807, 2.05) is 18.7 Å². The molecular formula is C16H24FN3O. The number of urea groups is 1. The highest BCUT2D eigenvalue weighted by atomic mass is 19.1. The lowest BCUT2D eigenvalue weighted by Crippen LogP contribution is -2.52. The molecule has 0 spiro atoms. The highest BCUT2D eigenvalue weighted by molar-refractivity contribution is 5.74. The van der Waals surface area contributed by atoms with Gasteiger partial charge in [0.25, 0.3) is 0 Å². The molecule has 0 radical (unpaired) electrons. The van der Waals surface area contributed by atoms with E-state index in [1.165, 1.54) is 12.1 Å². The van der Waals surface area contributed by atoms with Crippen molar-refractivity contribution in [3.8, 4) is 0 Å². The lowest BCUT2D eigenvalue weighted by molar-refractivity contribution is 0.153. The summed E-state index contributed by atoms with van der Waals surface area (Å²) >= 11 is 0. The van der Waals surface area contributed by atoms with E-state index in [0.717, 1.165) is 31.7 Å². The third kappa shape index (κ3) is 4.17. The molecule has 0 aromatic heterocycles. The van der Waals surface area contributed by atoms with Crippen molar-refractivity contribution in [2.75, 3.05) is 39.8 Å². The van der Waals surface area contributed by atoms with Gasteiger partial charge in [-0.1, -0.05) is 26.0 Å². The highest BCUT2D eigenvalue weighted by Crippen LogP contribution is 2.22. The highest BCUT2D eigenvalue weighted by Gasteiger charge is 2.24. The van der Waals surface area contributed by atoms with E-state index in [0.29, 0.717) is 6.54 Å². The van der Waals surface area contributed by atoms with Crippen LogP contribution in [-0.2, 0) is 5.41 Å². The standard InChI is InChI=1S/C16H24FN3O/c1-16(2,13-4-6-14(17)7-5-13)12-18-15(21)20-10-8-19(3)9-11-20/h4-7H,8-12H2,1-3H3,(H,18,21). The Morgan fingerprint density at radius 1 is 1.19 bits per heavy atom. The zero-order valence-electron chi connectivity index (χ0n) is 13.0. The first-order valence-corrected chi connectivity index (χ1v) is 7.36. The molecule has 0 bridgehead atoms. The third-order valence-corrected chi connectivity index (χ3v) is 4.10. The number of carbonyl (C=O) groups is 1. The molecule has 1 aliphatic heterocycles. The monoisotopic (exact) mass is 293 g/mol. The minimum atomic E-state index is -0.240. The van der Waals surface area contributed by atoms with Gasteiger partial charge in [-0.2, -0.15) is 0 Å². The Hall–Kier alpha value is -1.62. The number of halogens is 1. The fourth-order valence-electron chi connectivity index (χ4n) is 2.42. The molecule has 2 rings (SSSR count). The van der Waals surface area contributed by atoms with Crippen LogP contribution in [0.2, 0.25) is 0 Å². The first kappa shape index (κ1) is 15.8. The SMILES string of the molecule is CN1CCN(C(=O)NCC(C)(C)c2ccc(F)cc2)CC1. The second-order valence-corrected chi connectivity index (χ2v) is 6.34. The zero-order valence-corrected chi connectivity index (χ0v) is 13.0. The number of hydrogen-bond donors (Lipinski definition) is 1. The lowest BCUT2D eigenvalue weighted by atomic mass is 9.84. The van der Waals surface area contributed by atoms with Gasteiger partial charge >= 0.3 is 6.03 Å². The van der Waals surface area contributed by atoms with Crippen LogP contribution in [0.15, 0.2) is 24.3 Å². The second kappa shape index (κ2) is 6.43. The van der Waals surface area contributed by atoms with Gasteiger partial charge in [0.15, 0.2) is 0 Å². The van der Waals surface area contributed by atoms with E-state index < -0.39 is 0 Å². The molecule has 21 heavy (non-hydrogen) atoms. The van der Waals surface area contributed by atoms with Gasteiger partial charge < -0.3 is 15.1 Å². The largest absolute Gasteiger partial charge is 0.337 e. The molecule has 116 valence electrons. The molecule has 0 atom stereocenters. The van der Waals surface area contributed by atoms with Crippen molar-refractivity contribution in [1.82, 2.24) is 15.1 Å². The summed E-state index contributed by atoms with van der Waals surface area (Å²) in [6, 6.07) is 6.45. The number of carbonyl (C=O) groups excluding carboxylic acids is 1. The summed E-state index contributed by atoms with van der Waals surface area (Å²) < 4.78 is 13.0. The summed E-state index contributed by atoms with van der Waals surface area (Å²) in [4.78, 5) is 16.2. The van der Waals surface area contributed by atoms with Gasteiger partial charge in [0.1, 0.15) is 5.82 Å². The minimum absolute atomic E-state index is 0.0155. The van der Waals surface area contributed by atoms with E-state index in [-0.39, 0.29) is 17.3 Å². The molecule has 1 aromatic carbocycles. The first-order chi connectivity index (χ1) is 9.88. The molecule has 1 N–H and O–H groups in total. The van der Waals surface area contributed by atoms with Crippen LogP contribution >= 0.6 is 0 Å². The number of benzene rings is 1. The van der Waals surface area contributed by atoms with Crippen LogP contribution in [0.25, 0.3) is 0 Å². The molecule has 1 aromatic rings. The molecule has 1 saturated heterocycles. The van der Waals surface area contributed by atoms with Crippen molar-refractivity contribution in [2.45, 2.75) is 19.3 Å². The smallest absolute Gasteiger partial charge is 0.317 e. The van der Waals surface area contributed by atoms with Crippen molar-refractivity contribution in [3.63, 3.8) is 0 Å². The van der Waals surface area contributed by atoms with Gasteiger partial charge in [-0.25, -0.2) is 9.18 Å². The number of amides is 2. The lowest BCUT2D eigenvalue weighted by Gasteiger charge is -2.34. The van der Waals surface area contributed by atoms with E-state index in [4.69, 9.17) is 0 Å². The van der Waals surface area contributed by atoms with Crippen molar-refractivity contribution in [2.24, 2.45) is 0 Å². The van der Waals surface area contributed by atoms with Crippen molar-refractivity contribution < 1.29 is 9.18 Å². The van der Waals surface area contributed by atoms with Crippen LogP contribution in [-0.4, -0.2) is 55.6 Å². The van der Waals surface area contributed by atoms with Crippen LogP contribution in [0.4, 0.5) is 9.18 Å². The summed E-state index contributed by atoms with van der Waals surface area (Å²) in [5.74, 6) is -0.240. The van der Waals surface area contributed by atoms with E-state index in [1.54, 1.807) is 12.1 Å². The number of nitrogens with one attached hydrogen (secondary N) is 1. The molecule has 1 fully saturated rings. The van der Waals surface area contributed by atoms with Crippen molar-refractivity contribution in [3.05, 3.63) is 35.6 Å². The molecule has 0 unspecified atom stereocenters. The number of hydrogen-bond acceptors (Lipinski definition) is 2. The molecule has 1 heterocycles.